The number of amides is 1. The van der Waals surface area contributed by atoms with E-state index in [-0.39, 0.29) is 11.8 Å². The van der Waals surface area contributed by atoms with Crippen molar-refractivity contribution in [1.29, 1.82) is 0 Å². The minimum Gasteiger partial charge on any atom is -0.390 e. The third-order valence-electron chi connectivity index (χ3n) is 5.75. The van der Waals surface area contributed by atoms with Crippen LogP contribution in [0.2, 0.25) is 0 Å². The fraction of sp³-hybridized carbons (Fsp3) is 0.333. The second-order valence-electron chi connectivity index (χ2n) is 9.19. The lowest BCUT2D eigenvalue weighted by atomic mass is 10.0. The molecule has 4 heterocycles. The van der Waals surface area contributed by atoms with Crippen molar-refractivity contribution in [3.63, 3.8) is 0 Å². The van der Waals surface area contributed by atoms with Gasteiger partial charge in [0.2, 0.25) is 11.7 Å². The van der Waals surface area contributed by atoms with Crippen molar-refractivity contribution in [2.24, 2.45) is 0 Å². The standard InChI is InChI=1S/C24H26N6O3/c1-14-4-6-16(21-28-23(33-29-21)17-10-25-11-17)8-18(14)27-22(31)19-12-26-20-7-5-15(13-30(19)20)9-24(2,3)32/h4-8,12-13,17,25,32H,9-11H2,1-3H3,(H,27,31). The van der Waals surface area contributed by atoms with E-state index in [0.717, 1.165) is 29.8 Å². The van der Waals surface area contributed by atoms with Gasteiger partial charge in [-0.2, -0.15) is 4.98 Å². The van der Waals surface area contributed by atoms with Gasteiger partial charge in [-0.1, -0.05) is 23.4 Å². The van der Waals surface area contributed by atoms with Crippen LogP contribution in [0.5, 0.6) is 0 Å². The van der Waals surface area contributed by atoms with Gasteiger partial charge in [0, 0.05) is 37.0 Å². The molecule has 4 aromatic rings. The van der Waals surface area contributed by atoms with Gasteiger partial charge in [0.25, 0.3) is 5.91 Å². The SMILES string of the molecule is Cc1ccc(-c2noc(C3CNC3)n2)cc1NC(=O)c1cnc2ccc(CC(C)(C)O)cn12. The van der Waals surface area contributed by atoms with Gasteiger partial charge in [0.15, 0.2) is 0 Å². The first-order valence-electron chi connectivity index (χ1n) is 10.9. The van der Waals surface area contributed by atoms with E-state index in [2.05, 4.69) is 25.8 Å². The van der Waals surface area contributed by atoms with Crippen LogP contribution in [0.4, 0.5) is 5.69 Å². The molecule has 5 rings (SSSR count). The van der Waals surface area contributed by atoms with Crippen LogP contribution < -0.4 is 10.6 Å². The molecule has 0 spiro atoms. The maximum Gasteiger partial charge on any atom is 0.274 e. The van der Waals surface area contributed by atoms with E-state index in [9.17, 15) is 9.90 Å². The number of pyridine rings is 1. The highest BCUT2D eigenvalue weighted by molar-refractivity contribution is 6.04. The zero-order valence-electron chi connectivity index (χ0n) is 18.8. The Balaban J connectivity index is 1.40. The summed E-state index contributed by atoms with van der Waals surface area (Å²) in [7, 11) is 0. The maximum atomic E-state index is 13.1. The highest BCUT2D eigenvalue weighted by Gasteiger charge is 2.25. The number of nitrogens with zero attached hydrogens (tertiary/aromatic N) is 4. The van der Waals surface area contributed by atoms with Gasteiger partial charge in [-0.25, -0.2) is 4.98 Å². The van der Waals surface area contributed by atoms with E-state index in [1.807, 2.05) is 43.5 Å². The average Bonchev–Trinajstić information content (AvgIpc) is 3.34. The first kappa shape index (κ1) is 21.3. The van der Waals surface area contributed by atoms with E-state index in [4.69, 9.17) is 4.52 Å². The van der Waals surface area contributed by atoms with Crippen LogP contribution in [0.15, 0.2) is 47.2 Å². The number of rotatable bonds is 6. The van der Waals surface area contributed by atoms with Crippen molar-refractivity contribution in [2.45, 2.75) is 38.7 Å². The van der Waals surface area contributed by atoms with E-state index >= 15 is 0 Å². The summed E-state index contributed by atoms with van der Waals surface area (Å²) in [5, 5.41) is 20.4. The molecule has 0 unspecified atom stereocenters. The molecule has 1 aliphatic heterocycles. The van der Waals surface area contributed by atoms with Crippen molar-refractivity contribution >= 4 is 17.2 Å². The smallest absolute Gasteiger partial charge is 0.274 e. The maximum absolute atomic E-state index is 13.1. The van der Waals surface area contributed by atoms with Crippen molar-refractivity contribution in [3.8, 4) is 11.4 Å². The monoisotopic (exact) mass is 446 g/mol. The number of hydrogen-bond donors (Lipinski definition) is 3. The number of imidazole rings is 1. The molecule has 1 aliphatic rings. The molecular weight excluding hydrogens is 420 g/mol. The number of carbonyl (C=O) groups excluding carboxylic acids is 1. The predicted molar refractivity (Wildman–Crippen MR) is 123 cm³/mol. The Hall–Kier alpha value is -3.56. The van der Waals surface area contributed by atoms with Crippen LogP contribution in [0.3, 0.4) is 0 Å². The number of aliphatic hydroxyl groups is 1. The van der Waals surface area contributed by atoms with Crippen molar-refractivity contribution in [3.05, 3.63) is 65.4 Å². The molecule has 9 heteroatoms. The highest BCUT2D eigenvalue weighted by Crippen LogP contribution is 2.26. The Kier molecular flexibility index (Phi) is 5.22. The van der Waals surface area contributed by atoms with Crippen LogP contribution in [0, 0.1) is 6.92 Å². The molecule has 0 aliphatic carbocycles. The summed E-state index contributed by atoms with van der Waals surface area (Å²) in [6, 6.07) is 9.44. The largest absolute Gasteiger partial charge is 0.390 e. The summed E-state index contributed by atoms with van der Waals surface area (Å²) < 4.78 is 7.15. The highest BCUT2D eigenvalue weighted by atomic mass is 16.5. The van der Waals surface area contributed by atoms with Crippen molar-refractivity contribution < 1.29 is 14.4 Å². The summed E-state index contributed by atoms with van der Waals surface area (Å²) in [4.78, 5) is 22.0. The molecular formula is C24H26N6O3. The fourth-order valence-electron chi connectivity index (χ4n) is 3.86. The normalized spacial score (nSPS) is 14.4. The van der Waals surface area contributed by atoms with Crippen LogP contribution in [-0.4, -0.2) is 49.2 Å². The Morgan fingerprint density at radius 2 is 2.12 bits per heavy atom. The molecule has 3 N–H and O–H groups in total. The van der Waals surface area contributed by atoms with Gasteiger partial charge in [-0.3, -0.25) is 9.20 Å². The molecule has 1 saturated heterocycles. The molecule has 3 aromatic heterocycles. The number of aryl methyl sites for hydroxylation is 1. The molecule has 0 atom stereocenters. The summed E-state index contributed by atoms with van der Waals surface area (Å²) in [6.45, 7) is 7.12. The molecule has 0 saturated carbocycles. The minimum atomic E-state index is -0.849. The second-order valence-corrected chi connectivity index (χ2v) is 9.19. The molecule has 1 aromatic carbocycles. The molecule has 1 amide bonds. The topological polar surface area (TPSA) is 118 Å². The number of fused-ring (bicyclic) bond motifs is 1. The average molecular weight is 447 g/mol. The van der Waals surface area contributed by atoms with Crippen LogP contribution in [-0.2, 0) is 6.42 Å². The zero-order valence-corrected chi connectivity index (χ0v) is 18.8. The van der Waals surface area contributed by atoms with Crippen molar-refractivity contribution in [1.82, 2.24) is 24.8 Å². The number of aromatic nitrogens is 4. The Bertz CT molecular complexity index is 1330. The third-order valence-corrected chi connectivity index (χ3v) is 5.75. The van der Waals surface area contributed by atoms with E-state index in [1.54, 1.807) is 24.4 Å². The number of anilines is 1. The zero-order chi connectivity index (χ0) is 23.2. The predicted octanol–water partition coefficient (Wildman–Crippen LogP) is 2.95. The first-order chi connectivity index (χ1) is 15.8. The quantitative estimate of drug-likeness (QED) is 0.417. The Morgan fingerprint density at radius 1 is 1.30 bits per heavy atom. The van der Waals surface area contributed by atoms with Gasteiger partial charge in [-0.05, 0) is 44.0 Å². The van der Waals surface area contributed by atoms with Gasteiger partial charge in [-0.15, -0.1) is 0 Å². The van der Waals surface area contributed by atoms with E-state index in [0.29, 0.717) is 35.2 Å². The van der Waals surface area contributed by atoms with Gasteiger partial charge < -0.3 is 20.3 Å². The van der Waals surface area contributed by atoms with Gasteiger partial charge in [0.05, 0.1) is 17.7 Å². The lowest BCUT2D eigenvalue weighted by Crippen LogP contribution is -2.40. The summed E-state index contributed by atoms with van der Waals surface area (Å²) in [5.74, 6) is 1.10. The third kappa shape index (κ3) is 4.37. The number of hydrogen-bond acceptors (Lipinski definition) is 7. The molecule has 33 heavy (non-hydrogen) atoms. The Morgan fingerprint density at radius 3 is 2.85 bits per heavy atom. The first-order valence-corrected chi connectivity index (χ1v) is 10.9. The summed E-state index contributed by atoms with van der Waals surface area (Å²) in [5.41, 5.74) is 3.48. The lowest BCUT2D eigenvalue weighted by Gasteiger charge is -2.22. The van der Waals surface area contributed by atoms with E-state index in [1.165, 1.54) is 0 Å². The summed E-state index contributed by atoms with van der Waals surface area (Å²) >= 11 is 0. The number of benzene rings is 1. The molecule has 0 radical (unpaired) electrons. The van der Waals surface area contributed by atoms with E-state index < -0.39 is 5.60 Å². The minimum absolute atomic E-state index is 0.257. The van der Waals surface area contributed by atoms with Crippen LogP contribution in [0.25, 0.3) is 17.0 Å². The second kappa shape index (κ2) is 8.09. The molecule has 1 fully saturated rings. The lowest BCUT2D eigenvalue weighted by molar-refractivity contribution is 0.0809. The molecule has 170 valence electrons. The van der Waals surface area contributed by atoms with Crippen LogP contribution in [0.1, 0.15) is 47.3 Å². The van der Waals surface area contributed by atoms with Crippen molar-refractivity contribution in [2.75, 3.05) is 18.4 Å². The fourth-order valence-corrected chi connectivity index (χ4v) is 3.86. The molecule has 0 bridgehead atoms. The van der Waals surface area contributed by atoms with Gasteiger partial charge >= 0.3 is 0 Å². The number of nitrogens with one attached hydrogen (secondary N) is 2. The Labute approximate surface area is 190 Å². The number of carbonyl (C=O) groups is 1. The van der Waals surface area contributed by atoms with Crippen LogP contribution >= 0.6 is 0 Å². The summed E-state index contributed by atoms with van der Waals surface area (Å²) in [6.07, 6.45) is 3.86. The van der Waals surface area contributed by atoms with Gasteiger partial charge in [0.1, 0.15) is 11.3 Å². The molecule has 9 nitrogen and oxygen atoms in total.